The average molecular weight is 359 g/mol. The van der Waals surface area contributed by atoms with Crippen molar-refractivity contribution in [1.29, 1.82) is 0 Å². The highest BCUT2D eigenvalue weighted by Crippen LogP contribution is 2.18. The number of para-hydroxylation sites is 1. The lowest BCUT2D eigenvalue weighted by Crippen LogP contribution is -2.44. The van der Waals surface area contributed by atoms with Crippen LogP contribution in [-0.2, 0) is 0 Å². The third-order valence-electron chi connectivity index (χ3n) is 5.09. The number of likely N-dealkylation sites (N-methyl/N-ethyl adjacent to an activating group) is 1. The molecule has 5 heteroatoms. The van der Waals surface area contributed by atoms with Crippen LogP contribution in [-0.4, -0.2) is 48.8 Å². The molecule has 1 aliphatic heterocycles. The highest BCUT2D eigenvalue weighted by atomic mass is 15.3. The van der Waals surface area contributed by atoms with E-state index in [-0.39, 0.29) is 0 Å². The van der Waals surface area contributed by atoms with E-state index < -0.39 is 0 Å². The average Bonchev–Trinajstić information content (AvgIpc) is 2.72. The predicted molar refractivity (Wildman–Crippen MR) is 114 cm³/mol. The highest BCUT2D eigenvalue weighted by molar-refractivity contribution is 5.99. The molecular formula is C22H25N5. The summed E-state index contributed by atoms with van der Waals surface area (Å²) in [5.41, 5.74) is 7.38. The summed E-state index contributed by atoms with van der Waals surface area (Å²) in [5, 5.41) is 5.64. The van der Waals surface area contributed by atoms with Crippen LogP contribution in [0.2, 0.25) is 0 Å². The van der Waals surface area contributed by atoms with Crippen molar-refractivity contribution >= 4 is 28.1 Å². The van der Waals surface area contributed by atoms with Crippen LogP contribution in [0, 0.1) is 0 Å². The second kappa shape index (κ2) is 7.76. The number of nitrogens with one attached hydrogen (secondary N) is 1. The number of piperazine rings is 1. The molecule has 138 valence electrons. The number of anilines is 2. The van der Waals surface area contributed by atoms with Crippen LogP contribution < -0.4 is 10.3 Å². The molecule has 0 spiro atoms. The largest absolute Gasteiger partial charge is 0.369 e. The van der Waals surface area contributed by atoms with Crippen molar-refractivity contribution < 1.29 is 0 Å². The molecule has 2 aromatic carbocycles. The molecule has 0 atom stereocenters. The van der Waals surface area contributed by atoms with Gasteiger partial charge in [-0.1, -0.05) is 30.3 Å². The first kappa shape index (κ1) is 17.5. The van der Waals surface area contributed by atoms with Crippen LogP contribution in [0.4, 0.5) is 11.5 Å². The number of hydrogen-bond donors (Lipinski definition) is 1. The fraction of sp³-hybridized carbons (Fsp3) is 0.273. The first-order valence-electron chi connectivity index (χ1n) is 9.39. The van der Waals surface area contributed by atoms with Crippen molar-refractivity contribution in [3.8, 4) is 0 Å². The van der Waals surface area contributed by atoms with Crippen LogP contribution in [0.15, 0.2) is 65.8 Å². The third kappa shape index (κ3) is 4.09. The van der Waals surface area contributed by atoms with Gasteiger partial charge in [0.05, 0.1) is 11.2 Å². The molecule has 1 saturated heterocycles. The summed E-state index contributed by atoms with van der Waals surface area (Å²) in [5.74, 6) is 0.752. The molecule has 3 aromatic rings. The molecule has 2 heterocycles. The zero-order valence-corrected chi connectivity index (χ0v) is 15.9. The van der Waals surface area contributed by atoms with Crippen molar-refractivity contribution in [2.24, 2.45) is 5.10 Å². The number of rotatable bonds is 4. The van der Waals surface area contributed by atoms with Gasteiger partial charge in [-0.05, 0) is 49.9 Å². The van der Waals surface area contributed by atoms with Gasteiger partial charge in [0.15, 0.2) is 0 Å². The summed E-state index contributed by atoms with van der Waals surface area (Å²) in [6, 6.07) is 20.7. The van der Waals surface area contributed by atoms with E-state index in [0.717, 1.165) is 54.2 Å². The fourth-order valence-electron chi connectivity index (χ4n) is 3.31. The van der Waals surface area contributed by atoms with E-state index in [0.29, 0.717) is 0 Å². The Morgan fingerprint density at radius 3 is 2.44 bits per heavy atom. The van der Waals surface area contributed by atoms with Gasteiger partial charge in [0, 0.05) is 37.3 Å². The maximum atomic E-state index is 4.59. The Bertz CT molecular complexity index is 940. The molecule has 0 unspecified atom stereocenters. The maximum Gasteiger partial charge on any atom is 0.146 e. The third-order valence-corrected chi connectivity index (χ3v) is 5.09. The summed E-state index contributed by atoms with van der Waals surface area (Å²) in [6.07, 6.45) is 0. The van der Waals surface area contributed by atoms with Gasteiger partial charge < -0.3 is 9.80 Å². The Kier molecular flexibility index (Phi) is 5.03. The highest BCUT2D eigenvalue weighted by Gasteiger charge is 2.14. The minimum atomic E-state index is 0.752. The molecule has 1 fully saturated rings. The number of aromatic nitrogens is 1. The lowest BCUT2D eigenvalue weighted by atomic mass is 10.1. The quantitative estimate of drug-likeness (QED) is 0.568. The summed E-state index contributed by atoms with van der Waals surface area (Å²) >= 11 is 0. The van der Waals surface area contributed by atoms with Gasteiger partial charge in [-0.25, -0.2) is 4.98 Å². The predicted octanol–water partition coefficient (Wildman–Crippen LogP) is 3.82. The van der Waals surface area contributed by atoms with Gasteiger partial charge in [0.1, 0.15) is 5.82 Å². The normalized spacial score (nSPS) is 15.9. The Hall–Kier alpha value is -2.92. The molecule has 27 heavy (non-hydrogen) atoms. The molecule has 0 bridgehead atoms. The SMILES string of the molecule is CC(=NNc1ccc2ccccc2n1)c1ccc(N2CCN(C)CC2)cc1. The molecule has 1 aliphatic rings. The van der Waals surface area contributed by atoms with Crippen molar-refractivity contribution in [2.75, 3.05) is 43.6 Å². The molecule has 0 radical (unpaired) electrons. The Morgan fingerprint density at radius 2 is 1.67 bits per heavy atom. The van der Waals surface area contributed by atoms with Crippen LogP contribution in [0.5, 0.6) is 0 Å². The van der Waals surface area contributed by atoms with Crippen molar-refractivity contribution in [2.45, 2.75) is 6.92 Å². The van der Waals surface area contributed by atoms with Crippen LogP contribution in [0.1, 0.15) is 12.5 Å². The van der Waals surface area contributed by atoms with Crippen molar-refractivity contribution in [1.82, 2.24) is 9.88 Å². The zero-order valence-electron chi connectivity index (χ0n) is 15.9. The first-order valence-corrected chi connectivity index (χ1v) is 9.39. The Morgan fingerprint density at radius 1 is 0.926 bits per heavy atom. The number of pyridine rings is 1. The van der Waals surface area contributed by atoms with Gasteiger partial charge >= 0.3 is 0 Å². The number of hydrogen-bond acceptors (Lipinski definition) is 5. The van der Waals surface area contributed by atoms with Crippen LogP contribution in [0.25, 0.3) is 10.9 Å². The minimum absolute atomic E-state index is 0.752. The zero-order chi connectivity index (χ0) is 18.6. The molecule has 0 amide bonds. The van der Waals surface area contributed by atoms with E-state index in [4.69, 9.17) is 0 Å². The summed E-state index contributed by atoms with van der Waals surface area (Å²) < 4.78 is 0. The molecule has 1 aromatic heterocycles. The standard InChI is InChI=1S/C22H25N5/c1-17(24-25-22-12-9-19-5-3-4-6-21(19)23-22)18-7-10-20(11-8-18)27-15-13-26(2)14-16-27/h3-12H,13-16H2,1-2H3,(H,23,25). The van der Waals surface area contributed by atoms with Crippen molar-refractivity contribution in [3.63, 3.8) is 0 Å². The second-order valence-corrected chi connectivity index (χ2v) is 7.04. The van der Waals surface area contributed by atoms with Crippen LogP contribution >= 0.6 is 0 Å². The van der Waals surface area contributed by atoms with Crippen molar-refractivity contribution in [3.05, 3.63) is 66.2 Å². The fourth-order valence-corrected chi connectivity index (χ4v) is 3.31. The van der Waals surface area contributed by atoms with E-state index >= 15 is 0 Å². The molecule has 4 rings (SSSR count). The van der Waals surface area contributed by atoms with E-state index in [2.05, 4.69) is 68.8 Å². The molecule has 0 saturated carbocycles. The number of fused-ring (bicyclic) bond motifs is 1. The molecule has 0 aliphatic carbocycles. The summed E-state index contributed by atoms with van der Waals surface area (Å²) in [7, 11) is 2.18. The maximum absolute atomic E-state index is 4.59. The lowest BCUT2D eigenvalue weighted by Gasteiger charge is -2.34. The summed E-state index contributed by atoms with van der Waals surface area (Å²) in [4.78, 5) is 9.40. The topological polar surface area (TPSA) is 43.8 Å². The number of nitrogens with zero attached hydrogens (tertiary/aromatic N) is 4. The van der Waals surface area contributed by atoms with E-state index in [1.54, 1.807) is 0 Å². The van der Waals surface area contributed by atoms with Gasteiger partial charge in [-0.3, -0.25) is 5.43 Å². The molecular weight excluding hydrogens is 334 g/mol. The number of benzene rings is 2. The lowest BCUT2D eigenvalue weighted by molar-refractivity contribution is 0.313. The van der Waals surface area contributed by atoms with Gasteiger partial charge in [-0.2, -0.15) is 5.10 Å². The van der Waals surface area contributed by atoms with Crippen LogP contribution in [0.3, 0.4) is 0 Å². The Balaban J connectivity index is 1.44. The molecule has 1 N–H and O–H groups in total. The van der Waals surface area contributed by atoms with E-state index in [9.17, 15) is 0 Å². The van der Waals surface area contributed by atoms with Gasteiger partial charge in [0.2, 0.25) is 0 Å². The minimum Gasteiger partial charge on any atom is -0.369 e. The van der Waals surface area contributed by atoms with Gasteiger partial charge in [-0.15, -0.1) is 0 Å². The van der Waals surface area contributed by atoms with E-state index in [1.807, 2.05) is 31.2 Å². The summed E-state index contributed by atoms with van der Waals surface area (Å²) in [6.45, 7) is 6.41. The molecule has 5 nitrogen and oxygen atoms in total. The van der Waals surface area contributed by atoms with E-state index in [1.165, 1.54) is 5.69 Å². The monoisotopic (exact) mass is 359 g/mol. The smallest absolute Gasteiger partial charge is 0.146 e. The number of hydrazone groups is 1. The second-order valence-electron chi connectivity index (χ2n) is 7.04. The van der Waals surface area contributed by atoms with Gasteiger partial charge in [0.25, 0.3) is 0 Å². The Labute approximate surface area is 160 Å². The first-order chi connectivity index (χ1) is 13.2.